The number of hydrogen-bond acceptors (Lipinski definition) is 5. The van der Waals surface area contributed by atoms with Crippen molar-refractivity contribution >= 4 is 12.0 Å². The second kappa shape index (κ2) is 6.75. The van der Waals surface area contributed by atoms with Crippen LogP contribution in [0.2, 0.25) is 0 Å². The van der Waals surface area contributed by atoms with Crippen LogP contribution in [-0.4, -0.2) is 66.6 Å². The first-order valence-corrected chi connectivity index (χ1v) is 5.92. The van der Waals surface area contributed by atoms with Crippen LogP contribution in [0, 0.1) is 0 Å². The van der Waals surface area contributed by atoms with Crippen LogP contribution in [0.15, 0.2) is 0 Å². The number of ether oxygens (including phenoxy) is 1. The molecule has 0 saturated carbocycles. The van der Waals surface area contributed by atoms with E-state index in [1.165, 1.54) is 0 Å². The molecule has 0 bridgehead atoms. The normalized spacial score (nSPS) is 26.6. The molecule has 20 heavy (non-hydrogen) atoms. The van der Waals surface area contributed by atoms with Crippen molar-refractivity contribution in [3.63, 3.8) is 0 Å². The van der Waals surface area contributed by atoms with Crippen LogP contribution >= 0.6 is 0 Å². The predicted molar refractivity (Wildman–Crippen MR) is 60.6 cm³/mol. The number of cyclic esters (lactones) is 1. The van der Waals surface area contributed by atoms with Crippen LogP contribution in [0.5, 0.6) is 0 Å². The average Bonchev–Trinajstić information content (AvgIpc) is 2.75. The monoisotopic (exact) mass is 299 g/mol. The van der Waals surface area contributed by atoms with Crippen LogP contribution in [0.25, 0.3) is 0 Å². The van der Waals surface area contributed by atoms with E-state index >= 15 is 0 Å². The van der Waals surface area contributed by atoms with E-state index in [4.69, 9.17) is 9.53 Å². The van der Waals surface area contributed by atoms with Crippen molar-refractivity contribution in [2.75, 3.05) is 26.2 Å². The van der Waals surface area contributed by atoms with Crippen molar-refractivity contribution in [3.8, 4) is 0 Å². The second-order valence-electron chi connectivity index (χ2n) is 4.30. The Bertz CT molecular complexity index is 364. The van der Waals surface area contributed by atoms with E-state index in [1.54, 1.807) is 4.90 Å². The fourth-order valence-corrected chi connectivity index (χ4v) is 1.90. The summed E-state index contributed by atoms with van der Waals surface area (Å²) in [5, 5.41) is 12.7. The molecular weight excluding hydrogens is 283 g/mol. The van der Waals surface area contributed by atoms with E-state index in [0.29, 0.717) is 19.7 Å². The smallest absolute Gasteiger partial charge is 0.448 e. The maximum absolute atomic E-state index is 11.2. The second-order valence-corrected chi connectivity index (χ2v) is 4.30. The number of nitrogens with zero attached hydrogens (tertiary/aromatic N) is 1. The molecule has 2 aliphatic rings. The minimum atomic E-state index is -4.86. The van der Waals surface area contributed by atoms with Gasteiger partial charge in [0.05, 0.1) is 18.7 Å². The molecule has 2 aliphatic heterocycles. The topological polar surface area (TPSA) is 105 Å². The minimum absolute atomic E-state index is 0.0590. The Morgan fingerprint density at radius 2 is 2.10 bits per heavy atom. The maximum Gasteiger partial charge on any atom is 0.470 e. The molecule has 0 aromatic carbocycles. The Kier molecular flexibility index (Phi) is 5.57. The van der Waals surface area contributed by atoms with Gasteiger partial charge in [0.1, 0.15) is 6.61 Å². The molecule has 2 heterocycles. The number of piperidine rings is 1. The van der Waals surface area contributed by atoms with Crippen LogP contribution in [0.1, 0.15) is 6.42 Å². The highest BCUT2D eigenvalue weighted by atomic mass is 19.4. The Morgan fingerprint density at radius 1 is 1.50 bits per heavy atom. The van der Waals surface area contributed by atoms with E-state index < -0.39 is 18.2 Å². The number of aliphatic hydroxyl groups excluding tert-OH is 1. The first-order chi connectivity index (χ1) is 9.23. The standard InChI is InChI=1S/C8H14N2O3.C2H2F3NO/c11-7-5-9-2-1-6(7)10-3-4-13-8(10)12;3-2(4,5)1(6)7/h6-7,9,11H,1-5H2;(H2,6,7)/t6-,7-;/m0./s1. The van der Waals surface area contributed by atoms with Gasteiger partial charge in [0, 0.05) is 6.54 Å². The SMILES string of the molecule is NC(=O)C(F)(F)F.O=C1OCCN1[C@H]1CCNC[C@@H]1O. The van der Waals surface area contributed by atoms with Gasteiger partial charge in [-0.2, -0.15) is 13.2 Å². The zero-order chi connectivity index (χ0) is 15.3. The zero-order valence-electron chi connectivity index (χ0n) is 10.5. The Hall–Kier alpha value is -1.55. The molecule has 2 atom stereocenters. The van der Waals surface area contributed by atoms with Crippen LogP contribution in [0.3, 0.4) is 0 Å². The summed E-state index contributed by atoms with van der Waals surface area (Å²) in [7, 11) is 0. The quantitative estimate of drug-likeness (QED) is 0.587. The lowest BCUT2D eigenvalue weighted by Crippen LogP contribution is -2.53. The van der Waals surface area contributed by atoms with Crippen molar-refractivity contribution in [2.45, 2.75) is 24.7 Å². The summed E-state index contributed by atoms with van der Waals surface area (Å²) in [5.74, 6) is -2.26. The van der Waals surface area contributed by atoms with Crippen molar-refractivity contribution in [2.24, 2.45) is 5.73 Å². The molecule has 7 nitrogen and oxygen atoms in total. The van der Waals surface area contributed by atoms with Gasteiger partial charge in [0.15, 0.2) is 0 Å². The third-order valence-corrected chi connectivity index (χ3v) is 2.89. The first kappa shape index (κ1) is 16.5. The summed E-state index contributed by atoms with van der Waals surface area (Å²) in [6.07, 6.45) is -4.80. The molecule has 0 aliphatic carbocycles. The molecule has 2 amide bonds. The molecule has 0 radical (unpaired) electrons. The van der Waals surface area contributed by atoms with E-state index in [-0.39, 0.29) is 12.1 Å². The zero-order valence-corrected chi connectivity index (χ0v) is 10.5. The maximum atomic E-state index is 11.2. The van der Waals surface area contributed by atoms with Gasteiger partial charge in [-0.25, -0.2) is 4.79 Å². The third kappa shape index (κ3) is 4.53. The van der Waals surface area contributed by atoms with E-state index in [1.807, 2.05) is 0 Å². The van der Waals surface area contributed by atoms with Gasteiger partial charge in [-0.05, 0) is 13.0 Å². The molecule has 10 heteroatoms. The van der Waals surface area contributed by atoms with Gasteiger partial charge in [0.25, 0.3) is 0 Å². The van der Waals surface area contributed by atoms with Gasteiger partial charge in [-0.15, -0.1) is 0 Å². The van der Waals surface area contributed by atoms with Crippen LogP contribution in [0.4, 0.5) is 18.0 Å². The molecule has 116 valence electrons. The molecule has 2 rings (SSSR count). The summed E-state index contributed by atoms with van der Waals surface area (Å²) in [6.45, 7) is 2.48. The molecule has 2 fully saturated rings. The largest absolute Gasteiger partial charge is 0.470 e. The number of nitrogens with one attached hydrogen (secondary N) is 1. The van der Waals surface area contributed by atoms with Gasteiger partial charge in [-0.3, -0.25) is 9.69 Å². The number of amides is 2. The van der Waals surface area contributed by atoms with Crippen molar-refractivity contribution in [1.82, 2.24) is 10.2 Å². The predicted octanol–water partition coefficient (Wildman–Crippen LogP) is -0.805. The van der Waals surface area contributed by atoms with Crippen molar-refractivity contribution < 1.29 is 32.6 Å². The fourth-order valence-electron chi connectivity index (χ4n) is 1.90. The lowest BCUT2D eigenvalue weighted by Gasteiger charge is -2.33. The summed E-state index contributed by atoms with van der Waals surface area (Å²) >= 11 is 0. The first-order valence-electron chi connectivity index (χ1n) is 5.92. The van der Waals surface area contributed by atoms with Gasteiger partial charge in [0.2, 0.25) is 0 Å². The van der Waals surface area contributed by atoms with Gasteiger partial charge in [-0.1, -0.05) is 0 Å². The van der Waals surface area contributed by atoms with E-state index in [9.17, 15) is 23.1 Å². The number of carbonyl (C=O) groups excluding carboxylic acids is 2. The highest BCUT2D eigenvalue weighted by Gasteiger charge is 2.36. The summed E-state index contributed by atoms with van der Waals surface area (Å²) in [5.41, 5.74) is 3.81. The Labute approximate surface area is 112 Å². The van der Waals surface area contributed by atoms with E-state index in [2.05, 4.69) is 11.1 Å². The molecule has 0 aromatic rings. The number of primary amides is 1. The molecule has 0 aromatic heterocycles. The molecular formula is C10H16F3N3O4. The number of rotatable bonds is 1. The summed E-state index contributed by atoms with van der Waals surface area (Å²) in [4.78, 5) is 21.9. The summed E-state index contributed by atoms with van der Waals surface area (Å²) < 4.78 is 36.9. The molecule has 0 spiro atoms. The number of carbonyl (C=O) groups is 2. The number of nitrogens with two attached hydrogens (primary N) is 1. The number of alkyl halides is 3. The Balaban J connectivity index is 0.000000246. The molecule has 2 saturated heterocycles. The van der Waals surface area contributed by atoms with Crippen molar-refractivity contribution in [1.29, 1.82) is 0 Å². The fraction of sp³-hybridized carbons (Fsp3) is 0.800. The van der Waals surface area contributed by atoms with Crippen molar-refractivity contribution in [3.05, 3.63) is 0 Å². The van der Waals surface area contributed by atoms with Gasteiger partial charge < -0.3 is 20.9 Å². The average molecular weight is 299 g/mol. The highest BCUT2D eigenvalue weighted by molar-refractivity contribution is 5.79. The molecule has 4 N–H and O–H groups in total. The molecule has 0 unspecified atom stereocenters. The third-order valence-electron chi connectivity index (χ3n) is 2.89. The number of hydrogen-bond donors (Lipinski definition) is 3. The number of β-amino-alcohol motifs (C(OH)–C–C–N with tert-alkyl or cyclic N) is 1. The lowest BCUT2D eigenvalue weighted by atomic mass is 10.0. The highest BCUT2D eigenvalue weighted by Crippen LogP contribution is 2.16. The Morgan fingerprint density at radius 3 is 2.50 bits per heavy atom. The lowest BCUT2D eigenvalue weighted by molar-refractivity contribution is -0.169. The number of aliphatic hydroxyl groups is 1. The van der Waals surface area contributed by atoms with E-state index in [0.717, 1.165) is 13.0 Å². The van der Waals surface area contributed by atoms with Crippen LogP contribution in [-0.2, 0) is 9.53 Å². The summed E-state index contributed by atoms with van der Waals surface area (Å²) in [6, 6.07) is -0.0590. The van der Waals surface area contributed by atoms with Crippen LogP contribution < -0.4 is 11.1 Å². The minimum Gasteiger partial charge on any atom is -0.448 e. The van der Waals surface area contributed by atoms with Gasteiger partial charge >= 0.3 is 18.2 Å². The number of halogens is 3.